The van der Waals surface area contributed by atoms with Crippen LogP contribution in [0, 0.1) is 11.2 Å². The van der Waals surface area contributed by atoms with Gasteiger partial charge < -0.3 is 24.2 Å². The lowest BCUT2D eigenvalue weighted by Crippen LogP contribution is -2.59. The van der Waals surface area contributed by atoms with Crippen LogP contribution in [0.5, 0.6) is 0 Å². The molecule has 1 amide bonds. The molecule has 4 aromatic rings. The van der Waals surface area contributed by atoms with E-state index in [2.05, 4.69) is 20.0 Å². The minimum atomic E-state index is -0.918. The van der Waals surface area contributed by atoms with E-state index in [9.17, 15) is 14.7 Å². The molecule has 0 radical (unpaired) electrons. The molecule has 2 aliphatic heterocycles. The number of carbonyl (C=O) groups is 2. The third-order valence-corrected chi connectivity index (χ3v) is 8.47. The molecule has 1 aromatic carbocycles. The molecule has 1 fully saturated rings. The van der Waals surface area contributed by atoms with Crippen molar-refractivity contribution in [3.63, 3.8) is 0 Å². The average molecular weight is 590 g/mol. The van der Waals surface area contributed by atoms with Crippen molar-refractivity contribution in [3.05, 3.63) is 60.2 Å². The first kappa shape index (κ1) is 28.6. The van der Waals surface area contributed by atoms with Crippen molar-refractivity contribution in [3.8, 4) is 11.1 Å². The summed E-state index contributed by atoms with van der Waals surface area (Å²) in [4.78, 5) is 37.6. The van der Waals surface area contributed by atoms with Crippen LogP contribution in [-0.2, 0) is 22.5 Å². The van der Waals surface area contributed by atoms with E-state index in [1.165, 1.54) is 9.58 Å². The molecule has 43 heavy (non-hydrogen) atoms. The number of pyridine rings is 1. The van der Waals surface area contributed by atoms with Crippen LogP contribution in [0.3, 0.4) is 0 Å². The van der Waals surface area contributed by atoms with Crippen molar-refractivity contribution in [2.75, 3.05) is 31.1 Å². The van der Waals surface area contributed by atoms with Crippen molar-refractivity contribution < 1.29 is 23.8 Å². The normalized spacial score (nSPS) is 17.7. The number of carbonyl (C=O) groups excluding carboxylic acids is 1. The Balaban J connectivity index is 1.29. The maximum Gasteiger partial charge on any atom is 0.407 e. The smallest absolute Gasteiger partial charge is 0.407 e. The van der Waals surface area contributed by atoms with Gasteiger partial charge in [-0.25, -0.2) is 23.9 Å². The van der Waals surface area contributed by atoms with E-state index in [1.54, 1.807) is 37.8 Å². The van der Waals surface area contributed by atoms with Gasteiger partial charge in [-0.2, -0.15) is 5.10 Å². The maximum absolute atomic E-state index is 16.0. The summed E-state index contributed by atoms with van der Waals surface area (Å²) < 4.78 is 24.9. The van der Waals surface area contributed by atoms with Gasteiger partial charge in [0.15, 0.2) is 11.9 Å². The van der Waals surface area contributed by atoms with E-state index in [1.807, 2.05) is 37.5 Å². The Bertz CT molecular complexity index is 1670. The highest BCUT2D eigenvalue weighted by atomic mass is 19.1. The molecule has 1 saturated heterocycles. The van der Waals surface area contributed by atoms with Gasteiger partial charge in [-0.3, -0.25) is 4.68 Å². The summed E-state index contributed by atoms with van der Waals surface area (Å²) in [6.07, 6.45) is 5.88. The van der Waals surface area contributed by atoms with Gasteiger partial charge in [0, 0.05) is 60.8 Å². The largest absolute Gasteiger partial charge is 0.465 e. The van der Waals surface area contributed by atoms with E-state index in [-0.39, 0.29) is 23.6 Å². The monoisotopic (exact) mass is 589 g/mol. The SMILES string of the molecule is CCOC(=O)C(c1ncn2c1CCC2)n1cc2ccc(-c3ccc(N4CCN(C(=O)O)C(C(C)(C)C)C4)nc3)c(F)c2n1. The number of piperazine rings is 1. The van der Waals surface area contributed by atoms with Gasteiger partial charge in [-0.05, 0) is 37.3 Å². The number of anilines is 1. The molecule has 2 atom stereocenters. The summed E-state index contributed by atoms with van der Waals surface area (Å²) in [6.45, 7) is 10.3. The standard InChI is InChI=1S/C31H36FN7O4/c1-5-43-29(40)28(27-22-7-6-12-37(22)18-34-27)39-16-20-8-10-21(25(32)26(20)35-39)19-9-11-24(33-15-19)36-13-14-38(30(41)42)23(17-36)31(2,3)4/h8-11,15-16,18,23,28H,5-7,12-14,17H2,1-4H3,(H,41,42). The van der Waals surface area contributed by atoms with Crippen LogP contribution >= 0.6 is 0 Å². The van der Waals surface area contributed by atoms with E-state index < -0.39 is 23.9 Å². The van der Waals surface area contributed by atoms with Crippen molar-refractivity contribution in [1.29, 1.82) is 0 Å². The molecule has 5 heterocycles. The van der Waals surface area contributed by atoms with E-state index in [0.717, 1.165) is 25.1 Å². The Labute approximate surface area is 248 Å². The van der Waals surface area contributed by atoms with Crippen LogP contribution in [0.4, 0.5) is 15.0 Å². The summed E-state index contributed by atoms with van der Waals surface area (Å²) in [7, 11) is 0. The number of aromatic nitrogens is 5. The van der Waals surface area contributed by atoms with Crippen molar-refractivity contribution in [2.45, 2.75) is 59.2 Å². The van der Waals surface area contributed by atoms with Crippen molar-refractivity contribution in [1.82, 2.24) is 29.2 Å². The number of carboxylic acid groups (broad SMARTS) is 1. The van der Waals surface area contributed by atoms with Gasteiger partial charge in [0.05, 0.1) is 24.7 Å². The summed E-state index contributed by atoms with van der Waals surface area (Å²) in [5.41, 5.74) is 2.39. The van der Waals surface area contributed by atoms with Gasteiger partial charge in [0.25, 0.3) is 0 Å². The van der Waals surface area contributed by atoms with Crippen LogP contribution in [0.1, 0.15) is 51.5 Å². The first-order valence-electron chi connectivity index (χ1n) is 14.7. The maximum atomic E-state index is 16.0. The molecule has 0 aliphatic carbocycles. The fraction of sp³-hybridized carbons (Fsp3) is 0.452. The van der Waals surface area contributed by atoms with E-state index in [0.29, 0.717) is 47.7 Å². The molecule has 0 bridgehead atoms. The molecule has 1 N–H and O–H groups in total. The zero-order valence-corrected chi connectivity index (χ0v) is 24.8. The Morgan fingerprint density at radius 1 is 1.14 bits per heavy atom. The fourth-order valence-electron chi connectivity index (χ4n) is 6.22. The lowest BCUT2D eigenvalue weighted by molar-refractivity contribution is -0.146. The number of aryl methyl sites for hydroxylation is 1. The van der Waals surface area contributed by atoms with Crippen LogP contribution in [0.25, 0.3) is 22.0 Å². The third kappa shape index (κ3) is 5.19. The van der Waals surface area contributed by atoms with Gasteiger partial charge in [0.2, 0.25) is 0 Å². The molecule has 11 nitrogen and oxygen atoms in total. The number of fused-ring (bicyclic) bond motifs is 2. The summed E-state index contributed by atoms with van der Waals surface area (Å²) in [5.74, 6) is -0.285. The summed E-state index contributed by atoms with van der Waals surface area (Å²) in [5, 5.41) is 14.8. The molecular formula is C31H36FN7O4. The van der Waals surface area contributed by atoms with Gasteiger partial charge in [-0.1, -0.05) is 32.9 Å². The number of nitrogens with zero attached hydrogens (tertiary/aromatic N) is 7. The number of imidazole rings is 1. The highest BCUT2D eigenvalue weighted by Gasteiger charge is 2.38. The molecular weight excluding hydrogens is 553 g/mol. The number of benzene rings is 1. The molecule has 2 unspecified atom stereocenters. The zero-order valence-electron chi connectivity index (χ0n) is 24.8. The molecule has 0 saturated carbocycles. The predicted octanol–water partition coefficient (Wildman–Crippen LogP) is 4.75. The number of esters is 1. The Hall–Kier alpha value is -4.48. The minimum absolute atomic E-state index is 0.143. The topological polar surface area (TPSA) is 119 Å². The number of rotatable bonds is 6. The molecule has 3 aromatic heterocycles. The van der Waals surface area contributed by atoms with Crippen molar-refractivity contribution in [2.24, 2.45) is 5.41 Å². The first-order chi connectivity index (χ1) is 20.6. The van der Waals surface area contributed by atoms with E-state index >= 15 is 4.39 Å². The Morgan fingerprint density at radius 2 is 1.95 bits per heavy atom. The van der Waals surface area contributed by atoms with E-state index in [4.69, 9.17) is 4.74 Å². The lowest BCUT2D eigenvalue weighted by atomic mass is 9.84. The highest BCUT2D eigenvalue weighted by Crippen LogP contribution is 2.33. The predicted molar refractivity (Wildman–Crippen MR) is 158 cm³/mol. The lowest BCUT2D eigenvalue weighted by Gasteiger charge is -2.46. The Morgan fingerprint density at radius 3 is 2.65 bits per heavy atom. The third-order valence-electron chi connectivity index (χ3n) is 8.47. The zero-order chi connectivity index (χ0) is 30.5. The molecule has 6 rings (SSSR count). The Kier molecular flexibility index (Phi) is 7.31. The number of amides is 1. The van der Waals surface area contributed by atoms with Gasteiger partial charge in [-0.15, -0.1) is 0 Å². The van der Waals surface area contributed by atoms with Crippen LogP contribution in [0.2, 0.25) is 0 Å². The summed E-state index contributed by atoms with van der Waals surface area (Å²) >= 11 is 0. The number of hydrogen-bond donors (Lipinski definition) is 1. The number of hydrogen-bond acceptors (Lipinski definition) is 7. The van der Waals surface area contributed by atoms with Crippen LogP contribution in [0.15, 0.2) is 43.0 Å². The molecule has 2 aliphatic rings. The van der Waals surface area contributed by atoms with Crippen LogP contribution < -0.4 is 4.90 Å². The van der Waals surface area contributed by atoms with Gasteiger partial charge >= 0.3 is 12.1 Å². The average Bonchev–Trinajstić information content (AvgIpc) is 3.71. The summed E-state index contributed by atoms with van der Waals surface area (Å²) in [6, 6.07) is 6.01. The fourth-order valence-corrected chi connectivity index (χ4v) is 6.22. The number of ether oxygens (including phenoxy) is 1. The second-order valence-corrected chi connectivity index (χ2v) is 12.2. The second-order valence-electron chi connectivity index (χ2n) is 12.2. The molecule has 0 spiro atoms. The molecule has 226 valence electrons. The molecule has 12 heteroatoms. The first-order valence-corrected chi connectivity index (χ1v) is 14.7. The van der Waals surface area contributed by atoms with Gasteiger partial charge in [0.1, 0.15) is 11.3 Å². The quantitative estimate of drug-likeness (QED) is 0.320. The van der Waals surface area contributed by atoms with Crippen molar-refractivity contribution >= 4 is 28.8 Å². The minimum Gasteiger partial charge on any atom is -0.465 e. The number of halogens is 1. The van der Waals surface area contributed by atoms with Crippen LogP contribution in [-0.4, -0.2) is 78.7 Å². The highest BCUT2D eigenvalue weighted by molar-refractivity contribution is 5.86. The second kappa shape index (κ2) is 11.0.